The summed E-state index contributed by atoms with van der Waals surface area (Å²) < 4.78 is 40.2. The van der Waals surface area contributed by atoms with Crippen LogP contribution in [-0.4, -0.2) is 45.8 Å². The minimum absolute atomic E-state index is 0.210. The molecule has 0 spiro atoms. The molecule has 1 aliphatic heterocycles. The van der Waals surface area contributed by atoms with Crippen LogP contribution in [0.2, 0.25) is 0 Å². The molecular formula is C31H31F3N4O2S. The lowest BCUT2D eigenvalue weighted by molar-refractivity contribution is -0.161. The Morgan fingerprint density at radius 3 is 2.34 bits per heavy atom. The Balaban J connectivity index is 1.44. The molecule has 1 heterocycles. The van der Waals surface area contributed by atoms with E-state index in [9.17, 15) is 18.0 Å². The number of nitrogens with zero attached hydrogens (tertiary/aromatic N) is 3. The summed E-state index contributed by atoms with van der Waals surface area (Å²) in [6.45, 7) is -1.16. The third-order valence-electron chi connectivity index (χ3n) is 6.86. The lowest BCUT2D eigenvalue weighted by Gasteiger charge is -2.33. The average Bonchev–Trinajstić information content (AvgIpc) is 2.98. The van der Waals surface area contributed by atoms with Gasteiger partial charge in [-0.25, -0.2) is 5.01 Å². The molecule has 1 atom stereocenters. The summed E-state index contributed by atoms with van der Waals surface area (Å²) >= 11 is 1.40. The number of thioether (sulfide) groups is 1. The first-order valence-corrected chi connectivity index (χ1v) is 14.6. The van der Waals surface area contributed by atoms with Crippen molar-refractivity contribution in [1.29, 1.82) is 0 Å². The van der Waals surface area contributed by atoms with Gasteiger partial charge in [-0.2, -0.15) is 18.3 Å². The average molecular weight is 581 g/mol. The molecule has 10 heteroatoms. The maximum Gasteiger partial charge on any atom is 0.408 e. The molecule has 0 saturated heterocycles. The summed E-state index contributed by atoms with van der Waals surface area (Å²) in [5.74, 6) is -0.472. The molecule has 0 bridgehead atoms. The van der Waals surface area contributed by atoms with Crippen LogP contribution in [0.5, 0.6) is 0 Å². The first kappa shape index (κ1) is 28.7. The SMILES string of the molecule is O=C1C(SC2CCCCC2)NC(c2cccc(C(=NOCc3ccccc3)c3ccccc3)c2)=NN1CC(F)(F)F. The van der Waals surface area contributed by atoms with Crippen molar-refractivity contribution >= 4 is 29.2 Å². The van der Waals surface area contributed by atoms with Gasteiger partial charge in [0, 0.05) is 21.9 Å². The monoisotopic (exact) mass is 580 g/mol. The molecule has 3 aromatic carbocycles. The van der Waals surface area contributed by atoms with Gasteiger partial charge in [0.1, 0.15) is 18.9 Å². The smallest absolute Gasteiger partial charge is 0.390 e. The van der Waals surface area contributed by atoms with Crippen molar-refractivity contribution in [1.82, 2.24) is 10.3 Å². The number of rotatable bonds is 9. The predicted octanol–water partition coefficient (Wildman–Crippen LogP) is 6.70. The van der Waals surface area contributed by atoms with Gasteiger partial charge in [0.25, 0.3) is 5.91 Å². The van der Waals surface area contributed by atoms with Gasteiger partial charge < -0.3 is 10.2 Å². The number of amidine groups is 1. The van der Waals surface area contributed by atoms with Crippen LogP contribution >= 0.6 is 11.8 Å². The number of amides is 1. The second-order valence-electron chi connectivity index (χ2n) is 10.0. The fourth-order valence-electron chi connectivity index (χ4n) is 4.86. The molecule has 0 radical (unpaired) electrons. The molecule has 1 saturated carbocycles. The van der Waals surface area contributed by atoms with Crippen LogP contribution in [0.25, 0.3) is 0 Å². The Labute approximate surface area is 241 Å². The summed E-state index contributed by atoms with van der Waals surface area (Å²) in [5, 5.41) is 11.6. The summed E-state index contributed by atoms with van der Waals surface area (Å²) in [6, 6.07) is 26.4. The molecular weight excluding hydrogens is 549 g/mol. The molecule has 3 aromatic rings. The van der Waals surface area contributed by atoms with E-state index in [1.54, 1.807) is 18.2 Å². The van der Waals surface area contributed by atoms with Gasteiger partial charge in [-0.1, -0.05) is 103 Å². The number of oxime groups is 1. The van der Waals surface area contributed by atoms with Gasteiger partial charge in [0.05, 0.1) is 0 Å². The molecule has 5 rings (SSSR count). The number of alkyl halides is 3. The number of benzene rings is 3. The second kappa shape index (κ2) is 13.2. The molecule has 0 aromatic heterocycles. The van der Waals surface area contributed by atoms with Gasteiger partial charge in [0.2, 0.25) is 0 Å². The molecule has 41 heavy (non-hydrogen) atoms. The lowest BCUT2D eigenvalue weighted by Crippen LogP contribution is -2.53. The Hall–Kier alpha value is -3.79. The van der Waals surface area contributed by atoms with Crippen molar-refractivity contribution in [3.63, 3.8) is 0 Å². The maximum atomic E-state index is 13.4. The highest BCUT2D eigenvalue weighted by Crippen LogP contribution is 2.33. The number of hydrazone groups is 1. The zero-order valence-electron chi connectivity index (χ0n) is 22.4. The third kappa shape index (κ3) is 7.91. The molecule has 1 aliphatic carbocycles. The predicted molar refractivity (Wildman–Crippen MR) is 155 cm³/mol. The first-order valence-electron chi connectivity index (χ1n) is 13.6. The quantitative estimate of drug-likeness (QED) is 0.226. The van der Waals surface area contributed by atoms with Crippen molar-refractivity contribution < 1.29 is 22.8 Å². The van der Waals surface area contributed by atoms with Gasteiger partial charge in [-0.15, -0.1) is 11.8 Å². The standard InChI is InChI=1S/C31H31F3N4O2S/c32-31(33,34)21-38-30(39)29(41-26-17-8-3-9-18-26)35-28(36-38)25-16-10-15-24(19-25)27(23-13-6-2-7-14-23)37-40-20-22-11-4-1-5-12-22/h1-2,4-7,10-16,19,26,29H,3,8-9,17-18,20-21H2,(H,35,36). The Morgan fingerprint density at radius 1 is 0.951 bits per heavy atom. The van der Waals surface area contributed by atoms with E-state index in [0.29, 0.717) is 21.8 Å². The number of hydrogen-bond donors (Lipinski definition) is 1. The van der Waals surface area contributed by atoms with Crippen molar-refractivity contribution in [2.45, 2.75) is 55.5 Å². The molecule has 6 nitrogen and oxygen atoms in total. The fraction of sp³-hybridized carbons (Fsp3) is 0.323. The highest BCUT2D eigenvalue weighted by atomic mass is 32.2. The van der Waals surface area contributed by atoms with E-state index in [4.69, 9.17) is 4.84 Å². The van der Waals surface area contributed by atoms with Crippen LogP contribution < -0.4 is 5.32 Å². The summed E-state index contributed by atoms with van der Waals surface area (Å²) in [6.07, 6.45) is 0.563. The Bertz CT molecular complexity index is 1380. The van der Waals surface area contributed by atoms with E-state index in [1.807, 2.05) is 66.7 Å². The maximum absolute atomic E-state index is 13.4. The van der Waals surface area contributed by atoms with E-state index >= 15 is 0 Å². The highest BCUT2D eigenvalue weighted by molar-refractivity contribution is 8.01. The zero-order valence-corrected chi connectivity index (χ0v) is 23.2. The molecule has 1 amide bonds. The number of halogens is 3. The summed E-state index contributed by atoms with van der Waals surface area (Å²) in [5.41, 5.74) is 3.59. The van der Waals surface area contributed by atoms with Crippen molar-refractivity contribution in [2.75, 3.05) is 6.54 Å². The Morgan fingerprint density at radius 2 is 1.63 bits per heavy atom. The van der Waals surface area contributed by atoms with Crippen LogP contribution in [0.1, 0.15) is 54.4 Å². The van der Waals surface area contributed by atoms with E-state index in [2.05, 4.69) is 15.6 Å². The molecule has 1 unspecified atom stereocenters. The molecule has 1 N–H and O–H groups in total. The summed E-state index contributed by atoms with van der Waals surface area (Å²) in [4.78, 5) is 18.8. The van der Waals surface area contributed by atoms with Crippen LogP contribution in [0.4, 0.5) is 13.2 Å². The fourth-order valence-corrected chi connectivity index (χ4v) is 6.27. The zero-order chi connectivity index (χ0) is 28.7. The third-order valence-corrected chi connectivity index (χ3v) is 8.31. The van der Waals surface area contributed by atoms with Crippen LogP contribution in [0.15, 0.2) is 95.2 Å². The highest BCUT2D eigenvalue weighted by Gasteiger charge is 2.40. The molecule has 1 fully saturated rings. The normalized spacial score (nSPS) is 18.6. The number of hydrogen-bond acceptors (Lipinski definition) is 6. The first-order chi connectivity index (χ1) is 19.9. The van der Waals surface area contributed by atoms with Crippen LogP contribution in [0, 0.1) is 0 Å². The van der Waals surface area contributed by atoms with E-state index in [1.165, 1.54) is 11.8 Å². The van der Waals surface area contributed by atoms with Crippen molar-refractivity contribution in [3.05, 3.63) is 107 Å². The summed E-state index contributed by atoms with van der Waals surface area (Å²) in [7, 11) is 0. The van der Waals surface area contributed by atoms with Gasteiger partial charge in [0.15, 0.2) is 11.2 Å². The topological polar surface area (TPSA) is 66.3 Å². The van der Waals surface area contributed by atoms with Crippen molar-refractivity contribution in [2.24, 2.45) is 10.3 Å². The van der Waals surface area contributed by atoms with Crippen LogP contribution in [-0.2, 0) is 16.2 Å². The molecule has 2 aliphatic rings. The van der Waals surface area contributed by atoms with Gasteiger partial charge in [-0.05, 0) is 24.5 Å². The molecule has 214 valence electrons. The number of carbonyl (C=O) groups is 1. The van der Waals surface area contributed by atoms with E-state index in [0.717, 1.165) is 43.2 Å². The van der Waals surface area contributed by atoms with E-state index < -0.39 is 24.0 Å². The van der Waals surface area contributed by atoms with Crippen LogP contribution in [0.3, 0.4) is 0 Å². The lowest BCUT2D eigenvalue weighted by atomic mass is 10.00. The Kier molecular flexibility index (Phi) is 9.28. The number of nitrogens with one attached hydrogen (secondary N) is 1. The van der Waals surface area contributed by atoms with Gasteiger partial charge >= 0.3 is 6.18 Å². The van der Waals surface area contributed by atoms with Crippen molar-refractivity contribution in [3.8, 4) is 0 Å². The largest absolute Gasteiger partial charge is 0.408 e. The minimum atomic E-state index is -4.58. The number of carbonyl (C=O) groups excluding carboxylic acids is 1. The minimum Gasteiger partial charge on any atom is -0.390 e. The van der Waals surface area contributed by atoms with Gasteiger partial charge in [-0.3, -0.25) is 4.79 Å². The second-order valence-corrected chi connectivity index (χ2v) is 11.4. The van der Waals surface area contributed by atoms with E-state index in [-0.39, 0.29) is 17.7 Å².